The number of benzene rings is 1. The summed E-state index contributed by atoms with van der Waals surface area (Å²) in [6.45, 7) is 2.61. The minimum atomic E-state index is -0.0264. The van der Waals surface area contributed by atoms with E-state index in [9.17, 15) is 9.59 Å². The molecule has 1 fully saturated rings. The zero-order chi connectivity index (χ0) is 20.1. The SMILES string of the molecule is C[C@H](c1ccc(-n2cncn2)cc1)N(C)C(=O)CCCCN1C(=O)CSC1=S. The number of carbonyl (C=O) groups is 2. The van der Waals surface area contributed by atoms with Crippen molar-refractivity contribution in [2.45, 2.75) is 32.2 Å². The van der Waals surface area contributed by atoms with Gasteiger partial charge in [-0.2, -0.15) is 5.10 Å². The molecule has 9 heteroatoms. The van der Waals surface area contributed by atoms with Crippen LogP contribution in [-0.2, 0) is 9.59 Å². The third-order valence-electron chi connectivity index (χ3n) is 4.90. The van der Waals surface area contributed by atoms with Crippen LogP contribution in [0, 0.1) is 0 Å². The molecular weight excluding hydrogens is 394 g/mol. The van der Waals surface area contributed by atoms with Gasteiger partial charge in [-0.25, -0.2) is 9.67 Å². The Hall–Kier alpha value is -2.26. The van der Waals surface area contributed by atoms with Crippen molar-refractivity contribution in [1.29, 1.82) is 0 Å². The second kappa shape index (κ2) is 9.29. The number of thiocarbonyl (C=S) groups is 1. The fourth-order valence-corrected chi connectivity index (χ4v) is 4.13. The molecule has 0 bridgehead atoms. The van der Waals surface area contributed by atoms with E-state index in [1.807, 2.05) is 38.2 Å². The van der Waals surface area contributed by atoms with Crippen LogP contribution in [0.5, 0.6) is 0 Å². The third kappa shape index (κ3) is 4.77. The normalized spacial score (nSPS) is 15.1. The predicted molar refractivity (Wildman–Crippen MR) is 113 cm³/mol. The molecule has 28 heavy (non-hydrogen) atoms. The molecule has 1 atom stereocenters. The fourth-order valence-electron chi connectivity index (χ4n) is 3.01. The molecule has 1 saturated heterocycles. The first-order valence-corrected chi connectivity index (χ1v) is 10.5. The van der Waals surface area contributed by atoms with Gasteiger partial charge in [-0.15, -0.1) is 0 Å². The Morgan fingerprint density at radius 1 is 1.32 bits per heavy atom. The number of hydrogen-bond donors (Lipinski definition) is 0. The summed E-state index contributed by atoms with van der Waals surface area (Å²) in [5.74, 6) is 0.604. The summed E-state index contributed by atoms with van der Waals surface area (Å²) in [6.07, 6.45) is 5.11. The molecule has 148 valence electrons. The maximum Gasteiger partial charge on any atom is 0.238 e. The number of thioether (sulfide) groups is 1. The quantitative estimate of drug-likeness (QED) is 0.486. The van der Waals surface area contributed by atoms with Crippen LogP contribution in [-0.4, -0.2) is 60.0 Å². The smallest absolute Gasteiger partial charge is 0.238 e. The van der Waals surface area contributed by atoms with E-state index >= 15 is 0 Å². The molecule has 0 saturated carbocycles. The molecule has 7 nitrogen and oxygen atoms in total. The van der Waals surface area contributed by atoms with Crippen molar-refractivity contribution in [3.63, 3.8) is 0 Å². The van der Waals surface area contributed by atoms with Gasteiger partial charge >= 0.3 is 0 Å². The lowest BCUT2D eigenvalue weighted by atomic mass is 10.1. The average molecular weight is 418 g/mol. The van der Waals surface area contributed by atoms with Gasteiger partial charge in [0.25, 0.3) is 0 Å². The number of carbonyl (C=O) groups excluding carboxylic acids is 2. The first-order valence-electron chi connectivity index (χ1n) is 9.15. The van der Waals surface area contributed by atoms with Gasteiger partial charge in [0, 0.05) is 20.0 Å². The second-order valence-corrected chi connectivity index (χ2v) is 8.28. The summed E-state index contributed by atoms with van der Waals surface area (Å²) in [5, 5.41) is 4.11. The summed E-state index contributed by atoms with van der Waals surface area (Å²) in [5.41, 5.74) is 1.99. The maximum atomic E-state index is 12.5. The Morgan fingerprint density at radius 3 is 2.68 bits per heavy atom. The van der Waals surface area contributed by atoms with Crippen LogP contribution in [0.25, 0.3) is 5.69 Å². The van der Waals surface area contributed by atoms with Gasteiger partial charge in [0.15, 0.2) is 0 Å². The van der Waals surface area contributed by atoms with Crippen LogP contribution in [0.2, 0.25) is 0 Å². The Labute approximate surface area is 174 Å². The van der Waals surface area contributed by atoms with Crippen LogP contribution >= 0.6 is 24.0 Å². The zero-order valence-electron chi connectivity index (χ0n) is 15.9. The number of rotatable bonds is 8. The summed E-state index contributed by atoms with van der Waals surface area (Å²) < 4.78 is 2.34. The van der Waals surface area contributed by atoms with Crippen molar-refractivity contribution in [1.82, 2.24) is 24.6 Å². The van der Waals surface area contributed by atoms with E-state index < -0.39 is 0 Å². The van der Waals surface area contributed by atoms with Gasteiger partial charge < -0.3 is 4.90 Å². The summed E-state index contributed by atoms with van der Waals surface area (Å²) in [7, 11) is 1.83. The highest BCUT2D eigenvalue weighted by atomic mass is 32.2. The Bertz CT molecular complexity index is 823. The van der Waals surface area contributed by atoms with Crippen molar-refractivity contribution in [3.8, 4) is 5.69 Å². The Kier molecular flexibility index (Phi) is 6.79. The molecule has 0 spiro atoms. The van der Waals surface area contributed by atoms with Crippen LogP contribution in [0.3, 0.4) is 0 Å². The van der Waals surface area contributed by atoms with Crippen molar-refractivity contribution >= 4 is 40.1 Å². The van der Waals surface area contributed by atoms with Gasteiger partial charge in [-0.3, -0.25) is 14.5 Å². The van der Waals surface area contributed by atoms with Crippen molar-refractivity contribution in [3.05, 3.63) is 42.5 Å². The third-order valence-corrected chi connectivity index (χ3v) is 6.33. The zero-order valence-corrected chi connectivity index (χ0v) is 17.6. The average Bonchev–Trinajstić information content (AvgIpc) is 3.35. The first kappa shape index (κ1) is 20.5. The molecule has 2 aromatic rings. The lowest BCUT2D eigenvalue weighted by Gasteiger charge is -2.26. The van der Waals surface area contributed by atoms with Crippen molar-refractivity contribution < 1.29 is 9.59 Å². The maximum absolute atomic E-state index is 12.5. The Morgan fingerprint density at radius 2 is 2.07 bits per heavy atom. The minimum absolute atomic E-state index is 0.0264. The van der Waals surface area contributed by atoms with E-state index in [2.05, 4.69) is 10.1 Å². The minimum Gasteiger partial charge on any atom is -0.339 e. The topological polar surface area (TPSA) is 71.3 Å². The molecule has 0 N–H and O–H groups in total. The highest BCUT2D eigenvalue weighted by molar-refractivity contribution is 8.23. The molecule has 2 amide bonds. The molecule has 1 aliphatic heterocycles. The number of hydrogen-bond acceptors (Lipinski definition) is 6. The molecule has 0 radical (unpaired) electrons. The van der Waals surface area contributed by atoms with Gasteiger partial charge in [0.1, 0.15) is 17.0 Å². The monoisotopic (exact) mass is 417 g/mol. The van der Waals surface area contributed by atoms with Gasteiger partial charge in [-0.1, -0.05) is 36.1 Å². The number of unbranched alkanes of at least 4 members (excludes halogenated alkanes) is 1. The van der Waals surface area contributed by atoms with Crippen LogP contribution < -0.4 is 0 Å². The molecular formula is C19H23N5O2S2. The van der Waals surface area contributed by atoms with E-state index in [0.29, 0.717) is 23.0 Å². The van der Waals surface area contributed by atoms with E-state index in [1.165, 1.54) is 18.1 Å². The number of nitrogens with zero attached hydrogens (tertiary/aromatic N) is 5. The lowest BCUT2D eigenvalue weighted by molar-refractivity contribution is -0.131. The molecule has 1 aromatic carbocycles. The summed E-state index contributed by atoms with van der Waals surface area (Å²) in [6, 6.07) is 7.91. The van der Waals surface area contributed by atoms with Crippen LogP contribution in [0.15, 0.2) is 36.9 Å². The first-order chi connectivity index (χ1) is 13.5. The van der Waals surface area contributed by atoms with Gasteiger partial charge in [-0.05, 0) is 37.5 Å². The van der Waals surface area contributed by atoms with E-state index in [1.54, 1.807) is 20.8 Å². The van der Waals surface area contributed by atoms with E-state index in [-0.39, 0.29) is 17.9 Å². The van der Waals surface area contributed by atoms with Crippen molar-refractivity contribution in [2.75, 3.05) is 19.3 Å². The highest BCUT2D eigenvalue weighted by Crippen LogP contribution is 2.22. The fraction of sp³-hybridized carbons (Fsp3) is 0.421. The standard InChI is InChI=1S/C19H23N5O2S2/c1-14(15-6-8-16(9-7-15)24-13-20-12-21-24)22(2)17(25)5-3-4-10-23-18(26)11-28-19(23)27/h6-9,12-14H,3-5,10-11H2,1-2H3/t14-/m1/s1. The second-order valence-electron chi connectivity index (χ2n) is 6.67. The Balaban J connectivity index is 1.47. The van der Waals surface area contributed by atoms with E-state index in [4.69, 9.17) is 12.2 Å². The van der Waals surface area contributed by atoms with E-state index in [0.717, 1.165) is 24.1 Å². The summed E-state index contributed by atoms with van der Waals surface area (Å²) in [4.78, 5) is 31.6. The molecule has 1 aliphatic rings. The summed E-state index contributed by atoms with van der Waals surface area (Å²) >= 11 is 6.58. The number of amides is 2. The highest BCUT2D eigenvalue weighted by Gasteiger charge is 2.26. The molecule has 1 aromatic heterocycles. The van der Waals surface area contributed by atoms with Gasteiger partial charge in [0.05, 0.1) is 17.5 Å². The molecule has 3 rings (SSSR count). The van der Waals surface area contributed by atoms with Crippen molar-refractivity contribution in [2.24, 2.45) is 0 Å². The lowest BCUT2D eigenvalue weighted by Crippen LogP contribution is -2.31. The van der Waals surface area contributed by atoms with Gasteiger partial charge in [0.2, 0.25) is 11.8 Å². The molecule has 0 aliphatic carbocycles. The predicted octanol–water partition coefficient (Wildman–Crippen LogP) is 2.82. The number of aromatic nitrogens is 3. The molecule has 2 heterocycles. The van der Waals surface area contributed by atoms with Crippen LogP contribution in [0.1, 0.15) is 37.8 Å². The molecule has 0 unspecified atom stereocenters. The van der Waals surface area contributed by atoms with Crippen LogP contribution in [0.4, 0.5) is 0 Å². The largest absolute Gasteiger partial charge is 0.339 e.